The fourth-order valence-electron chi connectivity index (χ4n) is 2.61. The summed E-state index contributed by atoms with van der Waals surface area (Å²) in [6.45, 7) is 4.58. The highest BCUT2D eigenvalue weighted by Crippen LogP contribution is 2.21. The first-order chi connectivity index (χ1) is 13.0. The molecule has 27 heavy (non-hydrogen) atoms. The van der Waals surface area contributed by atoms with Crippen LogP contribution < -0.4 is 14.4 Å². The Morgan fingerprint density at radius 1 is 1.30 bits per heavy atom. The number of rotatable bonds is 7. The highest BCUT2D eigenvalue weighted by atomic mass is 32.2. The second-order valence-corrected chi connectivity index (χ2v) is 7.55. The van der Waals surface area contributed by atoms with Crippen molar-refractivity contribution < 1.29 is 22.3 Å². The van der Waals surface area contributed by atoms with Crippen LogP contribution in [0.1, 0.15) is 12.7 Å². The number of hydrogen-bond donors (Lipinski definition) is 1. The number of morpholine rings is 1. The zero-order valence-corrected chi connectivity index (χ0v) is 15.7. The maximum absolute atomic E-state index is 13.9. The van der Waals surface area contributed by atoms with E-state index in [1.54, 1.807) is 19.2 Å². The molecular formula is C17H21FN4O4S. The lowest BCUT2D eigenvalue weighted by atomic mass is 10.3. The summed E-state index contributed by atoms with van der Waals surface area (Å²) in [7, 11) is -3.91. The fourth-order valence-corrected chi connectivity index (χ4v) is 3.60. The normalized spacial score (nSPS) is 15.0. The second-order valence-electron chi connectivity index (χ2n) is 5.78. The smallest absolute Gasteiger partial charge is 0.241 e. The lowest BCUT2D eigenvalue weighted by Crippen LogP contribution is -2.37. The first-order valence-corrected chi connectivity index (χ1v) is 10.0. The molecule has 1 N–H and O–H groups in total. The average Bonchev–Trinajstić information content (AvgIpc) is 2.69. The first kappa shape index (κ1) is 19.5. The Kier molecular flexibility index (Phi) is 6.19. The van der Waals surface area contributed by atoms with Crippen molar-refractivity contribution in [3.05, 3.63) is 42.1 Å². The zero-order valence-electron chi connectivity index (χ0n) is 14.9. The number of benzene rings is 1. The predicted octanol–water partition coefficient (Wildman–Crippen LogP) is 1.33. The van der Waals surface area contributed by atoms with E-state index in [0.717, 1.165) is 11.9 Å². The van der Waals surface area contributed by atoms with E-state index in [4.69, 9.17) is 9.47 Å². The van der Waals surface area contributed by atoms with Gasteiger partial charge in [0, 0.05) is 19.3 Å². The average molecular weight is 396 g/mol. The monoisotopic (exact) mass is 396 g/mol. The van der Waals surface area contributed by atoms with Crippen LogP contribution in [0.2, 0.25) is 0 Å². The molecule has 0 unspecified atom stereocenters. The molecule has 1 aromatic carbocycles. The van der Waals surface area contributed by atoms with E-state index in [-0.39, 0.29) is 23.8 Å². The molecule has 8 nitrogen and oxygen atoms in total. The molecule has 0 bridgehead atoms. The number of ether oxygens (including phenoxy) is 2. The Labute approximate surface area is 157 Å². The number of halogens is 1. The van der Waals surface area contributed by atoms with Gasteiger partial charge in [0.05, 0.1) is 31.3 Å². The Hall–Kier alpha value is -2.30. The molecule has 0 amide bonds. The molecule has 1 aliphatic rings. The molecule has 1 fully saturated rings. The molecule has 2 heterocycles. The van der Waals surface area contributed by atoms with Gasteiger partial charge in [-0.2, -0.15) is 0 Å². The molecule has 2 aromatic rings. The summed E-state index contributed by atoms with van der Waals surface area (Å²) >= 11 is 0. The number of aromatic nitrogens is 2. The van der Waals surface area contributed by atoms with Crippen molar-refractivity contribution in [1.82, 2.24) is 14.7 Å². The van der Waals surface area contributed by atoms with Crippen molar-refractivity contribution in [2.45, 2.75) is 18.4 Å². The summed E-state index contributed by atoms with van der Waals surface area (Å²) in [6.07, 6.45) is 1.58. The minimum Gasteiger partial charge on any atom is -0.491 e. The summed E-state index contributed by atoms with van der Waals surface area (Å²) in [6, 6.07) is 5.29. The van der Waals surface area contributed by atoms with Gasteiger partial charge in [-0.1, -0.05) is 0 Å². The van der Waals surface area contributed by atoms with Gasteiger partial charge in [-0.15, -0.1) is 0 Å². The molecule has 1 saturated heterocycles. The Bertz CT molecular complexity index is 888. The molecule has 0 radical (unpaired) electrons. The van der Waals surface area contributed by atoms with Crippen molar-refractivity contribution in [1.29, 1.82) is 0 Å². The van der Waals surface area contributed by atoms with E-state index in [1.165, 1.54) is 12.1 Å². The summed E-state index contributed by atoms with van der Waals surface area (Å²) in [5.74, 6) is 0.326. The second kappa shape index (κ2) is 8.59. The van der Waals surface area contributed by atoms with Crippen LogP contribution in [0.5, 0.6) is 5.75 Å². The lowest BCUT2D eigenvalue weighted by molar-refractivity contribution is 0.122. The molecular weight excluding hydrogens is 375 g/mol. The Balaban J connectivity index is 1.69. The maximum atomic E-state index is 13.9. The van der Waals surface area contributed by atoms with Gasteiger partial charge in [0.2, 0.25) is 10.0 Å². The SMILES string of the molecule is CCOc1ccc(S(=O)(=O)NCc2nccc(N3CCOCC3)n2)cc1F. The van der Waals surface area contributed by atoms with Crippen LogP contribution in [0.4, 0.5) is 10.2 Å². The van der Waals surface area contributed by atoms with Gasteiger partial charge < -0.3 is 14.4 Å². The molecule has 1 aromatic heterocycles. The highest BCUT2D eigenvalue weighted by molar-refractivity contribution is 7.89. The number of nitrogens with one attached hydrogen (secondary N) is 1. The molecule has 146 valence electrons. The molecule has 3 rings (SSSR count). The number of hydrogen-bond acceptors (Lipinski definition) is 7. The van der Waals surface area contributed by atoms with Crippen molar-refractivity contribution in [3.8, 4) is 5.75 Å². The van der Waals surface area contributed by atoms with E-state index in [9.17, 15) is 12.8 Å². The molecule has 0 saturated carbocycles. The molecule has 1 aliphatic heterocycles. The number of nitrogens with zero attached hydrogens (tertiary/aromatic N) is 3. The van der Waals surface area contributed by atoms with Crippen molar-refractivity contribution in [3.63, 3.8) is 0 Å². The van der Waals surface area contributed by atoms with Crippen LogP contribution in [0, 0.1) is 5.82 Å². The number of sulfonamides is 1. The van der Waals surface area contributed by atoms with E-state index in [1.807, 2.05) is 4.90 Å². The fraction of sp³-hybridized carbons (Fsp3) is 0.412. The maximum Gasteiger partial charge on any atom is 0.241 e. The molecule has 0 aliphatic carbocycles. The third kappa shape index (κ3) is 4.90. The van der Waals surface area contributed by atoms with Crippen LogP contribution in [0.3, 0.4) is 0 Å². The largest absolute Gasteiger partial charge is 0.491 e. The number of anilines is 1. The Morgan fingerprint density at radius 2 is 2.07 bits per heavy atom. The third-order valence-corrected chi connectivity index (χ3v) is 5.36. The van der Waals surface area contributed by atoms with Crippen LogP contribution >= 0.6 is 0 Å². The predicted molar refractivity (Wildman–Crippen MR) is 96.7 cm³/mol. The van der Waals surface area contributed by atoms with Gasteiger partial charge in [0.15, 0.2) is 11.6 Å². The molecule has 0 spiro atoms. The summed E-state index contributed by atoms with van der Waals surface area (Å²) in [4.78, 5) is 10.3. The standard InChI is InChI=1S/C17H21FN4O4S/c1-2-26-15-4-3-13(11-14(15)18)27(23,24)20-12-16-19-6-5-17(21-16)22-7-9-25-10-8-22/h3-6,11,20H,2,7-10,12H2,1H3. The summed E-state index contributed by atoms with van der Waals surface area (Å²) in [5, 5.41) is 0. The van der Waals surface area contributed by atoms with E-state index < -0.39 is 15.8 Å². The van der Waals surface area contributed by atoms with Crippen molar-refractivity contribution >= 4 is 15.8 Å². The Morgan fingerprint density at radius 3 is 2.78 bits per heavy atom. The van der Waals surface area contributed by atoms with Crippen LogP contribution in [0.25, 0.3) is 0 Å². The topological polar surface area (TPSA) is 93.7 Å². The van der Waals surface area contributed by atoms with Crippen molar-refractivity contribution in [2.75, 3.05) is 37.8 Å². The lowest BCUT2D eigenvalue weighted by Gasteiger charge is -2.27. The van der Waals surface area contributed by atoms with Gasteiger partial charge >= 0.3 is 0 Å². The van der Waals surface area contributed by atoms with Crippen LogP contribution in [0.15, 0.2) is 35.4 Å². The minimum atomic E-state index is -3.91. The minimum absolute atomic E-state index is 0.0120. The quantitative estimate of drug-likeness (QED) is 0.755. The van der Waals surface area contributed by atoms with Gasteiger partial charge in [-0.25, -0.2) is 27.5 Å². The summed E-state index contributed by atoms with van der Waals surface area (Å²) < 4.78 is 51.5. The molecule has 10 heteroatoms. The van der Waals surface area contributed by atoms with Crippen molar-refractivity contribution in [2.24, 2.45) is 0 Å². The first-order valence-electron chi connectivity index (χ1n) is 8.56. The van der Waals surface area contributed by atoms with Crippen LogP contribution in [-0.2, 0) is 21.3 Å². The van der Waals surface area contributed by atoms with Gasteiger partial charge in [0.25, 0.3) is 0 Å². The van der Waals surface area contributed by atoms with E-state index in [2.05, 4.69) is 14.7 Å². The van der Waals surface area contributed by atoms with Crippen LogP contribution in [-0.4, -0.2) is 51.3 Å². The molecule has 0 atom stereocenters. The van der Waals surface area contributed by atoms with Gasteiger partial charge in [-0.05, 0) is 31.2 Å². The third-order valence-electron chi connectivity index (χ3n) is 3.96. The van der Waals surface area contributed by atoms with E-state index in [0.29, 0.717) is 32.1 Å². The highest BCUT2D eigenvalue weighted by Gasteiger charge is 2.18. The van der Waals surface area contributed by atoms with Gasteiger partial charge in [0.1, 0.15) is 11.6 Å². The van der Waals surface area contributed by atoms with E-state index >= 15 is 0 Å². The van der Waals surface area contributed by atoms with Gasteiger partial charge in [-0.3, -0.25) is 0 Å². The summed E-state index contributed by atoms with van der Waals surface area (Å²) in [5.41, 5.74) is 0. The zero-order chi connectivity index (χ0) is 19.3.